The second-order valence-electron chi connectivity index (χ2n) is 9.11. The molecule has 27 heavy (non-hydrogen) atoms. The highest BCUT2D eigenvalue weighted by Crippen LogP contribution is 2.55. The van der Waals surface area contributed by atoms with E-state index in [4.69, 9.17) is 0 Å². The van der Waals surface area contributed by atoms with Crippen LogP contribution in [0.1, 0.15) is 49.7 Å². The standard InChI is InChI=1S/C21H27F3N2O/c1-26(12-14-2-4-18(5-3-14)21(22,23)24)13-19(27)25-20-9-15-6-16(10-20)8-17(7-15)11-20/h2-5,15-17H,6-13H2,1H3,(H,25,27). The summed E-state index contributed by atoms with van der Waals surface area (Å²) in [4.78, 5) is 14.5. The van der Waals surface area contributed by atoms with Crippen LogP contribution < -0.4 is 5.32 Å². The van der Waals surface area contributed by atoms with Gasteiger partial charge >= 0.3 is 6.18 Å². The third-order valence-electron chi connectivity index (χ3n) is 6.59. The van der Waals surface area contributed by atoms with Gasteiger partial charge < -0.3 is 5.32 Å². The fraction of sp³-hybridized carbons (Fsp3) is 0.667. The van der Waals surface area contributed by atoms with Crippen molar-refractivity contribution in [3.05, 3.63) is 35.4 Å². The number of carbonyl (C=O) groups is 1. The van der Waals surface area contributed by atoms with E-state index >= 15 is 0 Å². The number of carbonyl (C=O) groups excluding carboxylic acids is 1. The topological polar surface area (TPSA) is 32.3 Å². The van der Waals surface area contributed by atoms with Crippen LogP contribution in [-0.2, 0) is 17.5 Å². The van der Waals surface area contributed by atoms with Crippen molar-refractivity contribution < 1.29 is 18.0 Å². The minimum atomic E-state index is -4.32. The third kappa shape index (κ3) is 4.15. The molecule has 4 saturated carbocycles. The largest absolute Gasteiger partial charge is 0.416 e. The van der Waals surface area contributed by atoms with Crippen LogP contribution >= 0.6 is 0 Å². The first-order valence-corrected chi connectivity index (χ1v) is 9.86. The highest BCUT2D eigenvalue weighted by molar-refractivity contribution is 5.79. The van der Waals surface area contributed by atoms with Crippen LogP contribution in [0.3, 0.4) is 0 Å². The number of benzene rings is 1. The first-order chi connectivity index (χ1) is 12.7. The molecule has 4 aliphatic carbocycles. The van der Waals surface area contributed by atoms with E-state index in [1.807, 2.05) is 11.9 Å². The molecule has 0 heterocycles. The molecule has 4 aliphatic rings. The maximum Gasteiger partial charge on any atom is 0.416 e. The number of hydrogen-bond acceptors (Lipinski definition) is 2. The van der Waals surface area contributed by atoms with Crippen LogP contribution in [-0.4, -0.2) is 29.9 Å². The summed E-state index contributed by atoms with van der Waals surface area (Å²) in [5, 5.41) is 3.34. The molecule has 5 rings (SSSR count). The van der Waals surface area contributed by atoms with Gasteiger partial charge in [-0.15, -0.1) is 0 Å². The Hall–Kier alpha value is -1.56. The maximum absolute atomic E-state index is 12.6. The zero-order valence-electron chi connectivity index (χ0n) is 15.7. The van der Waals surface area contributed by atoms with Crippen molar-refractivity contribution in [3.63, 3.8) is 0 Å². The SMILES string of the molecule is CN(CC(=O)NC12CC3CC(CC(C3)C1)C2)Cc1ccc(C(F)(F)F)cc1. The molecule has 1 amide bonds. The van der Waals surface area contributed by atoms with Crippen molar-refractivity contribution in [2.24, 2.45) is 17.8 Å². The van der Waals surface area contributed by atoms with Crippen LogP contribution in [0.5, 0.6) is 0 Å². The maximum atomic E-state index is 12.6. The van der Waals surface area contributed by atoms with Gasteiger partial charge in [0.25, 0.3) is 0 Å². The van der Waals surface area contributed by atoms with Crippen LogP contribution in [0.2, 0.25) is 0 Å². The van der Waals surface area contributed by atoms with E-state index in [1.165, 1.54) is 31.4 Å². The lowest BCUT2D eigenvalue weighted by atomic mass is 9.53. The van der Waals surface area contributed by atoms with E-state index in [2.05, 4.69) is 5.32 Å². The molecule has 6 heteroatoms. The van der Waals surface area contributed by atoms with Gasteiger partial charge in [-0.25, -0.2) is 0 Å². The number of nitrogens with one attached hydrogen (secondary N) is 1. The first kappa shape index (κ1) is 18.8. The van der Waals surface area contributed by atoms with Gasteiger partial charge in [-0.3, -0.25) is 9.69 Å². The lowest BCUT2D eigenvalue weighted by Gasteiger charge is -2.57. The monoisotopic (exact) mass is 380 g/mol. The van der Waals surface area contributed by atoms with Gasteiger partial charge in [0.05, 0.1) is 12.1 Å². The van der Waals surface area contributed by atoms with E-state index in [0.717, 1.165) is 54.7 Å². The van der Waals surface area contributed by atoms with Gasteiger partial charge in [0.1, 0.15) is 0 Å². The lowest BCUT2D eigenvalue weighted by Crippen LogP contribution is -2.60. The number of likely N-dealkylation sites (N-methyl/N-ethyl adjacent to an activating group) is 1. The zero-order valence-corrected chi connectivity index (χ0v) is 15.7. The molecule has 3 nitrogen and oxygen atoms in total. The van der Waals surface area contributed by atoms with E-state index in [0.29, 0.717) is 6.54 Å². The van der Waals surface area contributed by atoms with Crippen LogP contribution in [0, 0.1) is 17.8 Å². The molecule has 4 bridgehead atoms. The number of nitrogens with zero attached hydrogens (tertiary/aromatic N) is 1. The number of rotatable bonds is 5. The Balaban J connectivity index is 1.31. The molecule has 0 spiro atoms. The molecule has 1 aromatic rings. The summed E-state index contributed by atoms with van der Waals surface area (Å²) in [6.45, 7) is 0.717. The Morgan fingerprint density at radius 1 is 1.07 bits per heavy atom. The Labute approximate surface area is 158 Å². The molecule has 0 saturated heterocycles. The molecule has 148 valence electrons. The molecule has 1 aromatic carbocycles. The average Bonchev–Trinajstić information content (AvgIpc) is 2.52. The van der Waals surface area contributed by atoms with E-state index in [9.17, 15) is 18.0 Å². The van der Waals surface area contributed by atoms with E-state index in [1.54, 1.807) is 0 Å². The third-order valence-corrected chi connectivity index (χ3v) is 6.59. The summed E-state index contributed by atoms with van der Waals surface area (Å²) in [5.41, 5.74) is 0.127. The Morgan fingerprint density at radius 3 is 2.07 bits per heavy atom. The van der Waals surface area contributed by atoms with Crippen molar-refractivity contribution in [2.75, 3.05) is 13.6 Å². The number of halogens is 3. The smallest absolute Gasteiger partial charge is 0.350 e. The molecular weight excluding hydrogens is 353 g/mol. The minimum absolute atomic E-state index is 0.00102. The van der Waals surface area contributed by atoms with Crippen molar-refractivity contribution >= 4 is 5.91 Å². The molecular formula is C21H27F3N2O. The number of amides is 1. The normalized spacial score (nSPS) is 32.1. The van der Waals surface area contributed by atoms with Gasteiger partial charge in [-0.2, -0.15) is 13.2 Å². The lowest BCUT2D eigenvalue weighted by molar-refractivity contribution is -0.137. The van der Waals surface area contributed by atoms with Crippen molar-refractivity contribution in [2.45, 2.75) is 56.8 Å². The summed E-state index contributed by atoms with van der Waals surface area (Å²) >= 11 is 0. The van der Waals surface area contributed by atoms with Crippen molar-refractivity contribution in [3.8, 4) is 0 Å². The molecule has 0 radical (unpaired) electrons. The number of hydrogen-bond donors (Lipinski definition) is 1. The summed E-state index contributed by atoms with van der Waals surface area (Å²) in [5.74, 6) is 2.37. The van der Waals surface area contributed by atoms with Crippen molar-refractivity contribution in [1.82, 2.24) is 10.2 Å². The second-order valence-corrected chi connectivity index (χ2v) is 9.11. The molecule has 0 unspecified atom stereocenters. The van der Waals surface area contributed by atoms with Gasteiger partial charge in [-0.1, -0.05) is 12.1 Å². The molecule has 1 N–H and O–H groups in total. The predicted octanol–water partition coefficient (Wildman–Crippen LogP) is 4.22. The average molecular weight is 380 g/mol. The molecule has 0 aromatic heterocycles. The quantitative estimate of drug-likeness (QED) is 0.829. The van der Waals surface area contributed by atoms with Crippen LogP contribution in [0.25, 0.3) is 0 Å². The summed E-state index contributed by atoms with van der Waals surface area (Å²) in [7, 11) is 1.83. The molecule has 0 aliphatic heterocycles. The Morgan fingerprint density at radius 2 is 1.59 bits per heavy atom. The second kappa shape index (κ2) is 6.80. The van der Waals surface area contributed by atoms with Gasteiger partial charge in [-0.05, 0) is 81.0 Å². The predicted molar refractivity (Wildman–Crippen MR) is 96.8 cm³/mol. The minimum Gasteiger partial charge on any atom is -0.350 e. The highest BCUT2D eigenvalue weighted by Gasteiger charge is 2.51. The van der Waals surface area contributed by atoms with Crippen LogP contribution in [0.15, 0.2) is 24.3 Å². The molecule has 4 fully saturated rings. The van der Waals surface area contributed by atoms with Crippen LogP contribution in [0.4, 0.5) is 13.2 Å². The van der Waals surface area contributed by atoms with Gasteiger partial charge in [0.2, 0.25) is 5.91 Å². The number of alkyl halides is 3. The Bertz CT molecular complexity index is 663. The van der Waals surface area contributed by atoms with E-state index in [-0.39, 0.29) is 18.0 Å². The van der Waals surface area contributed by atoms with Gasteiger partial charge in [0.15, 0.2) is 0 Å². The Kier molecular flexibility index (Phi) is 4.73. The zero-order chi connectivity index (χ0) is 19.2. The fourth-order valence-corrected chi connectivity index (χ4v) is 6.01. The highest BCUT2D eigenvalue weighted by atomic mass is 19.4. The van der Waals surface area contributed by atoms with E-state index < -0.39 is 11.7 Å². The summed E-state index contributed by atoms with van der Waals surface area (Å²) in [6, 6.07) is 5.16. The summed E-state index contributed by atoms with van der Waals surface area (Å²) in [6.07, 6.45) is 3.05. The first-order valence-electron chi connectivity index (χ1n) is 9.86. The molecule has 0 atom stereocenters. The fourth-order valence-electron chi connectivity index (χ4n) is 6.01. The van der Waals surface area contributed by atoms with Gasteiger partial charge in [0, 0.05) is 12.1 Å². The van der Waals surface area contributed by atoms with Crippen molar-refractivity contribution in [1.29, 1.82) is 0 Å². The summed E-state index contributed by atoms with van der Waals surface area (Å²) < 4.78 is 37.9.